The third kappa shape index (κ3) is 8.46. The Labute approximate surface area is 315 Å². The van der Waals surface area contributed by atoms with Gasteiger partial charge in [0.05, 0.1) is 67.1 Å². The highest BCUT2D eigenvalue weighted by atomic mass is 16.6. The number of unbranched alkanes of at least 4 members (excludes halogenated alkanes) is 3. The number of amides is 1. The average Bonchev–Trinajstić information content (AvgIpc) is 3.71. The highest BCUT2D eigenvalue weighted by Crippen LogP contribution is 2.43. The van der Waals surface area contributed by atoms with Gasteiger partial charge in [0.1, 0.15) is 11.9 Å². The van der Waals surface area contributed by atoms with Gasteiger partial charge in [-0.15, -0.1) is 0 Å². The minimum Gasteiger partial charge on any atom is -0.497 e. The molecule has 0 bridgehead atoms. The molecule has 0 aromatic heterocycles. The maximum atomic E-state index is 12.8. The Balaban J connectivity index is 0.950. The number of oxime groups is 1. The Morgan fingerprint density at radius 3 is 1.96 bits per heavy atom. The van der Waals surface area contributed by atoms with Gasteiger partial charge in [0, 0.05) is 23.2 Å². The molecule has 2 atom stereocenters. The minimum absolute atomic E-state index is 0.178. The van der Waals surface area contributed by atoms with Gasteiger partial charge in [0.25, 0.3) is 5.91 Å². The Morgan fingerprint density at radius 2 is 1.30 bits per heavy atom. The Morgan fingerprint density at radius 1 is 0.630 bits per heavy atom. The summed E-state index contributed by atoms with van der Waals surface area (Å²) in [6, 6.07) is 20.6. The van der Waals surface area contributed by atoms with Gasteiger partial charge in [-0.2, -0.15) is 0 Å². The molecule has 2 N–H and O–H groups in total. The zero-order chi connectivity index (χ0) is 38.0. The van der Waals surface area contributed by atoms with Crippen LogP contribution in [0, 0.1) is 0 Å². The first-order chi connectivity index (χ1) is 26.4. The average molecular weight is 742 g/mol. The summed E-state index contributed by atoms with van der Waals surface area (Å²) in [6.45, 7) is 1.08. The van der Waals surface area contributed by atoms with Crippen molar-refractivity contribution in [1.29, 1.82) is 0 Å². The quantitative estimate of drug-likeness (QED) is 0.0983. The topological polar surface area (TPSA) is 137 Å². The normalized spacial score (nSPS) is 15.8. The summed E-state index contributed by atoms with van der Waals surface area (Å²) < 4.78 is 45.2. The van der Waals surface area contributed by atoms with Gasteiger partial charge in [-0.1, -0.05) is 11.2 Å². The molecule has 0 aliphatic carbocycles. The molecule has 0 spiro atoms. The van der Waals surface area contributed by atoms with E-state index in [-0.39, 0.29) is 12.0 Å². The predicted molar refractivity (Wildman–Crippen MR) is 203 cm³/mol. The van der Waals surface area contributed by atoms with Crippen molar-refractivity contribution >= 4 is 17.3 Å². The molecule has 6 rings (SSSR count). The number of nitrogens with zero attached hydrogens (tertiary/aromatic N) is 1. The lowest BCUT2D eigenvalue weighted by atomic mass is 9.99. The van der Waals surface area contributed by atoms with Gasteiger partial charge >= 0.3 is 0 Å². The molecule has 54 heavy (non-hydrogen) atoms. The first-order valence-electron chi connectivity index (χ1n) is 17.8. The maximum Gasteiger partial charge on any atom is 0.255 e. The first-order valence-corrected chi connectivity index (χ1v) is 17.8. The summed E-state index contributed by atoms with van der Waals surface area (Å²) in [5, 5.41) is 10.8. The number of methoxy groups -OCH3 is 6. The molecular weight excluding hydrogens is 694 g/mol. The number of rotatable bonds is 18. The van der Waals surface area contributed by atoms with E-state index in [2.05, 4.69) is 15.8 Å². The van der Waals surface area contributed by atoms with Gasteiger partial charge in [0.2, 0.25) is 5.75 Å². The van der Waals surface area contributed by atoms with Crippen molar-refractivity contribution in [1.82, 2.24) is 5.32 Å². The lowest BCUT2D eigenvalue weighted by Crippen LogP contribution is -2.38. The summed E-state index contributed by atoms with van der Waals surface area (Å²) in [4.78, 5) is 18.6. The van der Waals surface area contributed by atoms with E-state index in [1.807, 2.05) is 60.7 Å². The van der Waals surface area contributed by atoms with Gasteiger partial charge in [-0.3, -0.25) is 4.79 Å². The van der Waals surface area contributed by atoms with Crippen LogP contribution in [0.5, 0.6) is 46.0 Å². The van der Waals surface area contributed by atoms with Crippen molar-refractivity contribution in [2.75, 3.05) is 61.2 Å². The van der Waals surface area contributed by atoms with Crippen LogP contribution in [0.25, 0.3) is 0 Å². The van der Waals surface area contributed by atoms with Crippen LogP contribution in [0.3, 0.4) is 0 Å². The van der Waals surface area contributed by atoms with Gasteiger partial charge in [0.15, 0.2) is 40.6 Å². The molecule has 0 fully saturated rings. The molecule has 13 nitrogen and oxygen atoms in total. The number of anilines is 1. The number of carbonyl (C=O) groups excluding carboxylic acids is 1. The van der Waals surface area contributed by atoms with Crippen molar-refractivity contribution in [3.05, 3.63) is 89.0 Å². The van der Waals surface area contributed by atoms with Crippen LogP contribution >= 0.6 is 0 Å². The van der Waals surface area contributed by atoms with Crippen LogP contribution in [0.15, 0.2) is 71.9 Å². The second-order valence-corrected chi connectivity index (χ2v) is 12.6. The van der Waals surface area contributed by atoms with Crippen LogP contribution in [0.2, 0.25) is 0 Å². The van der Waals surface area contributed by atoms with Crippen molar-refractivity contribution in [2.45, 2.75) is 44.4 Å². The smallest absolute Gasteiger partial charge is 0.255 e. The third-order valence-electron chi connectivity index (χ3n) is 9.35. The van der Waals surface area contributed by atoms with Crippen molar-refractivity contribution in [2.24, 2.45) is 5.16 Å². The molecule has 2 aliphatic heterocycles. The van der Waals surface area contributed by atoms with Crippen molar-refractivity contribution < 1.29 is 47.5 Å². The summed E-state index contributed by atoms with van der Waals surface area (Å²) in [7, 11) is 9.55. The van der Waals surface area contributed by atoms with E-state index in [1.54, 1.807) is 48.7 Å². The first kappa shape index (κ1) is 37.8. The molecule has 4 aromatic rings. The molecule has 0 saturated heterocycles. The second-order valence-electron chi connectivity index (χ2n) is 12.6. The Kier molecular flexibility index (Phi) is 12.4. The number of hydrogen-bond acceptors (Lipinski definition) is 12. The van der Waals surface area contributed by atoms with Crippen LogP contribution in [0.1, 0.15) is 71.4 Å². The minimum atomic E-state index is -0.413. The standard InChI is InChI=1S/C41H47N3O10/c1-46-28-13-14-30-29(23-28)41(45)43-40(42-30)26-12-16-33(35(20-26)48-3)52-17-9-7-8-10-18-53-36-19-25(11-15-32(36)47-2)31-24-34(54-44-31)27-21-37(49-4)39(51-6)38(22-27)50-5/h11-16,19-23,34,40,42H,7-10,17-18,24H2,1-6H3,(H,43,45). The molecule has 1 amide bonds. The zero-order valence-corrected chi connectivity index (χ0v) is 31.5. The Hall–Kier alpha value is -5.98. The van der Waals surface area contributed by atoms with E-state index in [1.165, 1.54) is 0 Å². The van der Waals surface area contributed by atoms with E-state index < -0.39 is 6.17 Å². The maximum absolute atomic E-state index is 12.8. The number of carbonyl (C=O) groups is 1. The Bertz CT molecular complexity index is 1940. The third-order valence-corrected chi connectivity index (χ3v) is 9.35. The highest BCUT2D eigenvalue weighted by molar-refractivity contribution is 6.02. The SMILES string of the molecule is COc1ccc2c(c1)C(=O)NC(c1ccc(OCCCCCCOc3cc(C4=NOC(c5cc(OC)c(OC)c(OC)c5)C4)ccc3OC)c(OC)c1)N2. The fourth-order valence-electron chi connectivity index (χ4n) is 6.42. The van der Waals surface area contributed by atoms with Crippen molar-refractivity contribution in [3.63, 3.8) is 0 Å². The molecule has 286 valence electrons. The number of nitrogens with one attached hydrogen (secondary N) is 2. The van der Waals surface area contributed by atoms with Gasteiger partial charge < -0.3 is 53.4 Å². The zero-order valence-electron chi connectivity index (χ0n) is 31.5. The monoisotopic (exact) mass is 741 g/mol. The summed E-state index contributed by atoms with van der Waals surface area (Å²) in [6.07, 6.45) is 3.52. The summed E-state index contributed by atoms with van der Waals surface area (Å²) in [5.74, 6) is 4.64. The molecule has 2 unspecified atom stereocenters. The van der Waals surface area contributed by atoms with E-state index >= 15 is 0 Å². The number of fused-ring (bicyclic) bond motifs is 1. The molecular formula is C41H47N3O10. The molecule has 2 heterocycles. The van der Waals surface area contributed by atoms with E-state index in [0.717, 1.165) is 53.8 Å². The second kappa shape index (κ2) is 17.7. The molecule has 13 heteroatoms. The van der Waals surface area contributed by atoms with Gasteiger partial charge in [-0.25, -0.2) is 0 Å². The largest absolute Gasteiger partial charge is 0.497 e. The predicted octanol–water partition coefficient (Wildman–Crippen LogP) is 7.48. The lowest BCUT2D eigenvalue weighted by Gasteiger charge is -2.28. The van der Waals surface area contributed by atoms with Crippen LogP contribution < -0.4 is 48.5 Å². The fraction of sp³-hybridized carbons (Fsp3) is 0.366. The van der Waals surface area contributed by atoms with E-state index in [9.17, 15) is 4.79 Å². The molecule has 0 radical (unpaired) electrons. The highest BCUT2D eigenvalue weighted by Gasteiger charge is 2.28. The van der Waals surface area contributed by atoms with E-state index in [4.69, 9.17) is 42.7 Å². The van der Waals surface area contributed by atoms with Crippen LogP contribution in [-0.2, 0) is 4.84 Å². The van der Waals surface area contributed by atoms with Gasteiger partial charge in [-0.05, 0) is 91.9 Å². The number of benzene rings is 4. The lowest BCUT2D eigenvalue weighted by molar-refractivity contribution is 0.0853. The van der Waals surface area contributed by atoms with Crippen molar-refractivity contribution in [3.8, 4) is 46.0 Å². The number of ether oxygens (including phenoxy) is 8. The summed E-state index contributed by atoms with van der Waals surface area (Å²) >= 11 is 0. The molecule has 2 aliphatic rings. The number of hydrogen-bond donors (Lipinski definition) is 2. The van der Waals surface area contributed by atoms with Crippen LogP contribution in [0.4, 0.5) is 5.69 Å². The molecule has 0 saturated carbocycles. The summed E-state index contributed by atoms with van der Waals surface area (Å²) in [5.41, 5.74) is 4.69. The van der Waals surface area contributed by atoms with Crippen LogP contribution in [-0.4, -0.2) is 67.5 Å². The fourth-order valence-corrected chi connectivity index (χ4v) is 6.42. The van der Waals surface area contributed by atoms with E-state index in [0.29, 0.717) is 71.2 Å². The molecule has 4 aromatic carbocycles.